The summed E-state index contributed by atoms with van der Waals surface area (Å²) < 4.78 is 0. The van der Waals surface area contributed by atoms with Crippen molar-refractivity contribution in [3.05, 3.63) is 34.9 Å². The second-order valence-electron chi connectivity index (χ2n) is 6.22. The fourth-order valence-corrected chi connectivity index (χ4v) is 3.59. The Hall–Kier alpha value is -0.820. The highest BCUT2D eigenvalue weighted by atomic mass is 14.9. The average Bonchev–Trinajstić information content (AvgIpc) is 2.87. The summed E-state index contributed by atoms with van der Waals surface area (Å²) in [5, 5.41) is 3.71. The van der Waals surface area contributed by atoms with E-state index in [2.05, 4.69) is 44.3 Å². The van der Waals surface area contributed by atoms with Crippen molar-refractivity contribution in [2.45, 2.75) is 65.3 Å². The second-order valence-corrected chi connectivity index (χ2v) is 6.22. The smallest absolute Gasteiger partial charge is 0.0110 e. The maximum absolute atomic E-state index is 3.71. The van der Waals surface area contributed by atoms with E-state index in [0.29, 0.717) is 6.04 Å². The van der Waals surface area contributed by atoms with Crippen LogP contribution in [0.1, 0.15) is 55.7 Å². The molecule has 0 amide bonds. The number of likely N-dealkylation sites (N-methyl/N-ethyl adjacent to an activating group) is 1. The van der Waals surface area contributed by atoms with Gasteiger partial charge in [-0.1, -0.05) is 50.8 Å². The number of rotatable bonds is 6. The first-order valence-electron chi connectivity index (χ1n) is 7.99. The summed E-state index contributed by atoms with van der Waals surface area (Å²) in [6, 6.07) is 7.34. The molecule has 19 heavy (non-hydrogen) atoms. The standard InChI is InChI=1S/C18H29N/c1-4-19-17(12-16-10-5-6-11-16)13-18-14(2)8-7-9-15(18)3/h7-9,16-17,19H,4-6,10-13H2,1-3H3. The largest absolute Gasteiger partial charge is 0.314 e. The first-order chi connectivity index (χ1) is 9.20. The third-order valence-electron chi connectivity index (χ3n) is 4.68. The van der Waals surface area contributed by atoms with Gasteiger partial charge in [-0.25, -0.2) is 0 Å². The van der Waals surface area contributed by atoms with Gasteiger partial charge < -0.3 is 5.32 Å². The lowest BCUT2D eigenvalue weighted by molar-refractivity contribution is 0.389. The van der Waals surface area contributed by atoms with Gasteiger partial charge in [0.05, 0.1) is 0 Å². The fourth-order valence-electron chi connectivity index (χ4n) is 3.59. The van der Waals surface area contributed by atoms with Gasteiger partial charge in [0.15, 0.2) is 0 Å². The zero-order valence-electron chi connectivity index (χ0n) is 12.8. The molecule has 1 saturated carbocycles. The van der Waals surface area contributed by atoms with Crippen LogP contribution in [0.3, 0.4) is 0 Å². The molecule has 1 aromatic carbocycles. The first kappa shape index (κ1) is 14.6. The highest BCUT2D eigenvalue weighted by Gasteiger charge is 2.20. The van der Waals surface area contributed by atoms with E-state index in [0.717, 1.165) is 12.5 Å². The second kappa shape index (κ2) is 7.09. The molecule has 2 rings (SSSR count). The van der Waals surface area contributed by atoms with Crippen LogP contribution in [-0.4, -0.2) is 12.6 Å². The normalized spacial score (nSPS) is 17.8. The van der Waals surface area contributed by atoms with Crippen molar-refractivity contribution in [3.8, 4) is 0 Å². The highest BCUT2D eigenvalue weighted by molar-refractivity contribution is 5.34. The molecule has 1 aliphatic rings. The van der Waals surface area contributed by atoms with E-state index in [1.807, 2.05) is 0 Å². The molecule has 1 aliphatic carbocycles. The molecule has 1 unspecified atom stereocenters. The van der Waals surface area contributed by atoms with Gasteiger partial charge in [0.2, 0.25) is 0 Å². The van der Waals surface area contributed by atoms with E-state index in [-0.39, 0.29) is 0 Å². The summed E-state index contributed by atoms with van der Waals surface area (Å²) in [4.78, 5) is 0. The Bertz CT molecular complexity index is 370. The molecule has 0 aliphatic heterocycles. The number of hydrogen-bond acceptors (Lipinski definition) is 1. The molecule has 1 atom stereocenters. The zero-order chi connectivity index (χ0) is 13.7. The molecular weight excluding hydrogens is 230 g/mol. The van der Waals surface area contributed by atoms with Crippen LogP contribution in [0.15, 0.2) is 18.2 Å². The van der Waals surface area contributed by atoms with E-state index >= 15 is 0 Å². The quantitative estimate of drug-likeness (QED) is 0.798. The Kier molecular flexibility index (Phi) is 5.45. The molecule has 0 saturated heterocycles. The van der Waals surface area contributed by atoms with Crippen molar-refractivity contribution < 1.29 is 0 Å². The van der Waals surface area contributed by atoms with Gasteiger partial charge in [-0.15, -0.1) is 0 Å². The van der Waals surface area contributed by atoms with Crippen molar-refractivity contribution in [1.29, 1.82) is 0 Å². The lowest BCUT2D eigenvalue weighted by Crippen LogP contribution is -2.33. The molecule has 1 aromatic rings. The Balaban J connectivity index is 2.02. The molecule has 106 valence electrons. The van der Waals surface area contributed by atoms with Crippen LogP contribution in [0.25, 0.3) is 0 Å². The number of hydrogen-bond donors (Lipinski definition) is 1. The minimum absolute atomic E-state index is 0.660. The summed E-state index contributed by atoms with van der Waals surface area (Å²) in [6.45, 7) is 7.82. The molecular formula is C18H29N. The molecule has 1 N–H and O–H groups in total. The van der Waals surface area contributed by atoms with Crippen LogP contribution in [-0.2, 0) is 6.42 Å². The van der Waals surface area contributed by atoms with Crippen molar-refractivity contribution in [2.75, 3.05) is 6.54 Å². The van der Waals surface area contributed by atoms with E-state index in [1.165, 1.54) is 49.7 Å². The monoisotopic (exact) mass is 259 g/mol. The van der Waals surface area contributed by atoms with Gasteiger partial charge >= 0.3 is 0 Å². The molecule has 1 heteroatoms. The SMILES string of the molecule is CCNC(Cc1c(C)cccc1C)CC1CCCC1. The van der Waals surface area contributed by atoms with Crippen molar-refractivity contribution in [3.63, 3.8) is 0 Å². The summed E-state index contributed by atoms with van der Waals surface area (Å²) in [7, 11) is 0. The van der Waals surface area contributed by atoms with Crippen molar-refractivity contribution in [1.82, 2.24) is 5.32 Å². The van der Waals surface area contributed by atoms with Gasteiger partial charge in [-0.05, 0) is 55.8 Å². The highest BCUT2D eigenvalue weighted by Crippen LogP contribution is 2.29. The van der Waals surface area contributed by atoms with E-state index in [4.69, 9.17) is 0 Å². The predicted octanol–water partition coefficient (Wildman–Crippen LogP) is 4.40. The van der Waals surface area contributed by atoms with Crippen LogP contribution in [0.5, 0.6) is 0 Å². The summed E-state index contributed by atoms with van der Waals surface area (Å²) in [6.07, 6.45) is 8.37. The Morgan fingerprint density at radius 2 is 1.79 bits per heavy atom. The van der Waals surface area contributed by atoms with Crippen LogP contribution in [0.4, 0.5) is 0 Å². The van der Waals surface area contributed by atoms with Crippen molar-refractivity contribution >= 4 is 0 Å². The van der Waals surface area contributed by atoms with E-state index in [9.17, 15) is 0 Å². The van der Waals surface area contributed by atoms with E-state index in [1.54, 1.807) is 5.56 Å². The molecule has 0 radical (unpaired) electrons. The average molecular weight is 259 g/mol. The minimum atomic E-state index is 0.660. The third-order valence-corrected chi connectivity index (χ3v) is 4.68. The summed E-state index contributed by atoms with van der Waals surface area (Å²) in [5.74, 6) is 0.966. The molecule has 1 fully saturated rings. The molecule has 0 spiro atoms. The fraction of sp³-hybridized carbons (Fsp3) is 0.667. The Morgan fingerprint density at radius 3 is 2.37 bits per heavy atom. The van der Waals surface area contributed by atoms with Gasteiger partial charge in [0, 0.05) is 6.04 Å². The molecule has 0 heterocycles. The third kappa shape index (κ3) is 4.07. The lowest BCUT2D eigenvalue weighted by atomic mass is 9.90. The van der Waals surface area contributed by atoms with E-state index < -0.39 is 0 Å². The Morgan fingerprint density at radius 1 is 1.16 bits per heavy atom. The molecule has 0 bridgehead atoms. The van der Waals surface area contributed by atoms with Crippen LogP contribution < -0.4 is 5.32 Å². The molecule has 0 aromatic heterocycles. The van der Waals surface area contributed by atoms with Gasteiger partial charge in [0.1, 0.15) is 0 Å². The zero-order valence-corrected chi connectivity index (χ0v) is 12.8. The summed E-state index contributed by atoms with van der Waals surface area (Å²) >= 11 is 0. The topological polar surface area (TPSA) is 12.0 Å². The molecule has 1 nitrogen and oxygen atoms in total. The van der Waals surface area contributed by atoms with Crippen LogP contribution in [0, 0.1) is 19.8 Å². The van der Waals surface area contributed by atoms with Gasteiger partial charge in [0.25, 0.3) is 0 Å². The maximum Gasteiger partial charge on any atom is 0.0110 e. The summed E-state index contributed by atoms with van der Waals surface area (Å²) in [5.41, 5.74) is 4.47. The van der Waals surface area contributed by atoms with Crippen LogP contribution in [0.2, 0.25) is 0 Å². The van der Waals surface area contributed by atoms with Crippen LogP contribution >= 0.6 is 0 Å². The van der Waals surface area contributed by atoms with Gasteiger partial charge in [-0.3, -0.25) is 0 Å². The lowest BCUT2D eigenvalue weighted by Gasteiger charge is -2.23. The predicted molar refractivity (Wildman–Crippen MR) is 83.7 cm³/mol. The Labute approximate surface area is 118 Å². The van der Waals surface area contributed by atoms with Gasteiger partial charge in [-0.2, -0.15) is 0 Å². The maximum atomic E-state index is 3.71. The number of benzene rings is 1. The first-order valence-corrected chi connectivity index (χ1v) is 7.99. The minimum Gasteiger partial charge on any atom is -0.314 e. The van der Waals surface area contributed by atoms with Crippen molar-refractivity contribution in [2.24, 2.45) is 5.92 Å². The number of aryl methyl sites for hydroxylation is 2. The number of nitrogens with one attached hydrogen (secondary N) is 1.